The molecule has 2 aromatic heterocycles. The van der Waals surface area contributed by atoms with Crippen LogP contribution in [-0.4, -0.2) is 15.9 Å². The Bertz CT molecular complexity index is 1090. The molecule has 4 aromatic rings. The average molecular weight is 385 g/mol. The van der Waals surface area contributed by atoms with Crippen LogP contribution < -0.4 is 5.32 Å². The van der Waals surface area contributed by atoms with Crippen LogP contribution in [0.3, 0.4) is 0 Å². The number of thioether (sulfide) groups is 1. The number of benzene rings is 2. The molecular formula is C23H19N3OS. The van der Waals surface area contributed by atoms with Crippen molar-refractivity contribution in [2.45, 2.75) is 17.3 Å². The lowest BCUT2D eigenvalue weighted by molar-refractivity contribution is 0.0947. The Labute approximate surface area is 168 Å². The van der Waals surface area contributed by atoms with Gasteiger partial charge in [0.15, 0.2) is 0 Å². The zero-order chi connectivity index (χ0) is 19.2. The van der Waals surface area contributed by atoms with E-state index in [1.165, 1.54) is 5.56 Å². The molecule has 0 aliphatic heterocycles. The lowest BCUT2D eigenvalue weighted by Gasteiger charge is -2.10. The van der Waals surface area contributed by atoms with E-state index in [0.29, 0.717) is 12.1 Å². The number of rotatable bonds is 6. The maximum absolute atomic E-state index is 12.7. The molecule has 0 atom stereocenters. The van der Waals surface area contributed by atoms with E-state index in [-0.39, 0.29) is 5.91 Å². The Morgan fingerprint density at radius 2 is 1.68 bits per heavy atom. The highest BCUT2D eigenvalue weighted by molar-refractivity contribution is 7.98. The van der Waals surface area contributed by atoms with Crippen molar-refractivity contribution in [1.29, 1.82) is 0 Å². The molecule has 138 valence electrons. The minimum atomic E-state index is -0.112. The van der Waals surface area contributed by atoms with Gasteiger partial charge in [0.25, 0.3) is 5.91 Å². The smallest absolute Gasteiger partial charge is 0.254 e. The topological polar surface area (TPSA) is 54.9 Å². The maximum atomic E-state index is 12.7. The zero-order valence-electron chi connectivity index (χ0n) is 15.2. The van der Waals surface area contributed by atoms with Gasteiger partial charge in [-0.3, -0.25) is 9.78 Å². The Morgan fingerprint density at radius 3 is 2.57 bits per heavy atom. The Balaban J connectivity index is 1.49. The number of nitrogens with one attached hydrogen (secondary N) is 1. The van der Waals surface area contributed by atoms with Gasteiger partial charge < -0.3 is 5.32 Å². The van der Waals surface area contributed by atoms with E-state index < -0.39 is 0 Å². The van der Waals surface area contributed by atoms with Gasteiger partial charge in [0.1, 0.15) is 5.03 Å². The monoisotopic (exact) mass is 385 g/mol. The summed E-state index contributed by atoms with van der Waals surface area (Å²) < 4.78 is 0. The van der Waals surface area contributed by atoms with Crippen LogP contribution in [0.4, 0.5) is 0 Å². The van der Waals surface area contributed by atoms with Crippen LogP contribution in [0.5, 0.6) is 0 Å². The molecule has 1 N–H and O–H groups in total. The fourth-order valence-corrected chi connectivity index (χ4v) is 3.97. The van der Waals surface area contributed by atoms with Crippen LogP contribution in [0.25, 0.3) is 10.9 Å². The van der Waals surface area contributed by atoms with Crippen molar-refractivity contribution in [2.24, 2.45) is 0 Å². The molecule has 0 radical (unpaired) electrons. The first kappa shape index (κ1) is 18.2. The first-order valence-electron chi connectivity index (χ1n) is 9.04. The number of carbonyl (C=O) groups excluding carboxylic acids is 1. The van der Waals surface area contributed by atoms with Crippen molar-refractivity contribution in [1.82, 2.24) is 15.3 Å². The molecule has 2 aromatic carbocycles. The van der Waals surface area contributed by atoms with Crippen molar-refractivity contribution in [3.05, 3.63) is 102 Å². The lowest BCUT2D eigenvalue weighted by Crippen LogP contribution is -2.23. The third kappa shape index (κ3) is 4.21. The fraction of sp³-hybridized carbons (Fsp3) is 0.0870. The van der Waals surface area contributed by atoms with E-state index in [1.54, 1.807) is 24.0 Å². The highest BCUT2D eigenvalue weighted by Gasteiger charge is 2.13. The van der Waals surface area contributed by atoms with Crippen molar-refractivity contribution in [3.63, 3.8) is 0 Å². The molecule has 0 saturated heterocycles. The molecule has 4 rings (SSSR count). The van der Waals surface area contributed by atoms with E-state index in [0.717, 1.165) is 27.2 Å². The van der Waals surface area contributed by atoms with Crippen molar-refractivity contribution >= 4 is 28.6 Å². The van der Waals surface area contributed by atoms with Crippen molar-refractivity contribution < 1.29 is 4.79 Å². The van der Waals surface area contributed by atoms with Gasteiger partial charge in [-0.1, -0.05) is 48.5 Å². The number of para-hydroxylation sites is 1. The van der Waals surface area contributed by atoms with Gasteiger partial charge in [0, 0.05) is 30.1 Å². The Kier molecular flexibility index (Phi) is 5.64. The number of aromatic nitrogens is 2. The third-order valence-corrected chi connectivity index (χ3v) is 5.47. The van der Waals surface area contributed by atoms with Gasteiger partial charge in [-0.05, 0) is 35.4 Å². The summed E-state index contributed by atoms with van der Waals surface area (Å²) in [4.78, 5) is 21.5. The first-order valence-corrected chi connectivity index (χ1v) is 10.0. The second-order valence-corrected chi connectivity index (χ2v) is 7.26. The average Bonchev–Trinajstić information content (AvgIpc) is 2.77. The number of amides is 1. The summed E-state index contributed by atoms with van der Waals surface area (Å²) in [5.74, 6) is 0.609. The number of pyridine rings is 2. The number of carbonyl (C=O) groups is 1. The van der Waals surface area contributed by atoms with Gasteiger partial charge in [-0.2, -0.15) is 0 Å². The molecule has 0 aliphatic carbocycles. The first-order chi connectivity index (χ1) is 13.8. The third-order valence-electron chi connectivity index (χ3n) is 4.42. The molecule has 0 fully saturated rings. The summed E-state index contributed by atoms with van der Waals surface area (Å²) >= 11 is 1.57. The Hall–Kier alpha value is -3.18. The minimum absolute atomic E-state index is 0.112. The number of hydrogen-bond acceptors (Lipinski definition) is 4. The summed E-state index contributed by atoms with van der Waals surface area (Å²) in [6.07, 6.45) is 3.55. The van der Waals surface area contributed by atoms with E-state index >= 15 is 0 Å². The van der Waals surface area contributed by atoms with E-state index in [9.17, 15) is 4.79 Å². The summed E-state index contributed by atoms with van der Waals surface area (Å²) in [5, 5.41) is 4.84. The van der Waals surface area contributed by atoms with Crippen LogP contribution in [0.1, 0.15) is 21.5 Å². The molecular weight excluding hydrogens is 366 g/mol. The molecule has 28 heavy (non-hydrogen) atoms. The minimum Gasteiger partial charge on any atom is -0.348 e. The molecule has 4 nitrogen and oxygen atoms in total. The predicted molar refractivity (Wildman–Crippen MR) is 113 cm³/mol. The quantitative estimate of drug-likeness (QED) is 0.482. The van der Waals surface area contributed by atoms with Gasteiger partial charge in [0.05, 0.1) is 11.1 Å². The van der Waals surface area contributed by atoms with Crippen LogP contribution in [-0.2, 0) is 12.3 Å². The van der Waals surface area contributed by atoms with Gasteiger partial charge >= 0.3 is 0 Å². The number of hydrogen-bond donors (Lipinski definition) is 1. The molecule has 0 spiro atoms. The second-order valence-electron chi connectivity index (χ2n) is 6.30. The summed E-state index contributed by atoms with van der Waals surface area (Å²) in [7, 11) is 0. The fourth-order valence-electron chi connectivity index (χ4n) is 2.98. The van der Waals surface area contributed by atoms with Crippen molar-refractivity contribution in [2.75, 3.05) is 0 Å². The van der Waals surface area contributed by atoms with Crippen LogP contribution in [0.2, 0.25) is 0 Å². The summed E-state index contributed by atoms with van der Waals surface area (Å²) in [5.41, 5.74) is 3.82. The van der Waals surface area contributed by atoms with Gasteiger partial charge in [-0.15, -0.1) is 11.8 Å². The number of nitrogens with zero attached hydrogens (tertiary/aromatic N) is 2. The van der Waals surface area contributed by atoms with E-state index in [2.05, 4.69) is 21.4 Å². The predicted octanol–water partition coefficient (Wildman–Crippen LogP) is 4.85. The molecule has 0 bridgehead atoms. The molecule has 0 saturated carbocycles. The standard InChI is InChI=1S/C23H19N3OS/c27-22(26-15-17-7-2-1-3-8-17)20-10-6-13-25-23(20)28-16-18-12-14-24-21-11-5-4-9-19(18)21/h1-14H,15-16H2,(H,26,27). The van der Waals surface area contributed by atoms with E-state index in [4.69, 9.17) is 0 Å². The van der Waals surface area contributed by atoms with Gasteiger partial charge in [-0.25, -0.2) is 4.98 Å². The SMILES string of the molecule is O=C(NCc1ccccc1)c1cccnc1SCc1ccnc2ccccc12. The largest absolute Gasteiger partial charge is 0.348 e. The van der Waals surface area contributed by atoms with Crippen LogP contribution in [0, 0.1) is 0 Å². The van der Waals surface area contributed by atoms with Crippen molar-refractivity contribution in [3.8, 4) is 0 Å². The molecule has 2 heterocycles. The highest BCUT2D eigenvalue weighted by atomic mass is 32.2. The molecule has 0 aliphatic rings. The lowest BCUT2D eigenvalue weighted by atomic mass is 10.1. The van der Waals surface area contributed by atoms with Gasteiger partial charge in [0.2, 0.25) is 0 Å². The normalized spacial score (nSPS) is 10.7. The molecule has 0 unspecified atom stereocenters. The van der Waals surface area contributed by atoms with E-state index in [1.807, 2.05) is 66.9 Å². The van der Waals surface area contributed by atoms with Crippen LogP contribution in [0.15, 0.2) is 90.2 Å². The zero-order valence-corrected chi connectivity index (χ0v) is 16.0. The summed E-state index contributed by atoms with van der Waals surface area (Å²) in [6.45, 7) is 0.494. The molecule has 5 heteroatoms. The van der Waals surface area contributed by atoms with Crippen LogP contribution >= 0.6 is 11.8 Å². The summed E-state index contributed by atoms with van der Waals surface area (Å²) in [6, 6.07) is 23.6. The molecule has 1 amide bonds. The Morgan fingerprint density at radius 1 is 0.857 bits per heavy atom. The second kappa shape index (κ2) is 8.67. The maximum Gasteiger partial charge on any atom is 0.254 e. The number of fused-ring (bicyclic) bond motifs is 1. The highest BCUT2D eigenvalue weighted by Crippen LogP contribution is 2.27.